The quantitative estimate of drug-likeness (QED) is 0.695. The zero-order valence-corrected chi connectivity index (χ0v) is 11.1. The minimum atomic E-state index is -2.68. The molecule has 0 aliphatic heterocycles. The average Bonchev–Trinajstić information content (AvgIpc) is 2.34. The minimum absolute atomic E-state index is 0.599. The normalized spacial score (nSPS) is 11.8. The van der Waals surface area contributed by atoms with Crippen molar-refractivity contribution in [3.8, 4) is 0 Å². The van der Waals surface area contributed by atoms with Crippen LogP contribution in [-0.4, -0.2) is 37.2 Å². The lowest BCUT2D eigenvalue weighted by molar-refractivity contribution is 0.140. The second kappa shape index (κ2) is 6.12. The van der Waals surface area contributed by atoms with Crippen molar-refractivity contribution < 1.29 is 18.0 Å². The Morgan fingerprint density at radius 1 is 0.875 bits per heavy atom. The number of ether oxygens (including phenoxy) is 1. The van der Waals surface area contributed by atoms with Gasteiger partial charge in [0, 0.05) is 33.6 Å². The number of rotatable bonds is 6. The molecule has 0 fully saturated rings. The highest BCUT2D eigenvalue weighted by Crippen LogP contribution is 2.08. The summed E-state index contributed by atoms with van der Waals surface area (Å²) in [7, 11) is 3.79. The summed E-state index contributed by atoms with van der Waals surface area (Å²) in [6.45, 7) is 0.599. The van der Waals surface area contributed by atoms with E-state index in [9.17, 15) is 0 Å². The van der Waals surface area contributed by atoms with Gasteiger partial charge in [0.25, 0.3) is 0 Å². The molecule has 4 nitrogen and oxygen atoms in total. The lowest BCUT2D eigenvalue weighted by atomic mass is 10.2. The van der Waals surface area contributed by atoms with Gasteiger partial charge in [0.15, 0.2) is 0 Å². The first-order chi connectivity index (χ1) is 7.72. The maximum Gasteiger partial charge on any atom is 0.536 e. The van der Waals surface area contributed by atoms with Crippen LogP contribution in [0.1, 0.15) is 5.56 Å². The molecular weight excluding hydrogens is 224 g/mol. The maximum atomic E-state index is 5.39. The van der Waals surface area contributed by atoms with Gasteiger partial charge >= 0.3 is 8.80 Å². The molecule has 0 spiro atoms. The van der Waals surface area contributed by atoms with E-state index in [2.05, 4.69) is 0 Å². The van der Waals surface area contributed by atoms with E-state index in [-0.39, 0.29) is 0 Å². The van der Waals surface area contributed by atoms with E-state index in [0.29, 0.717) is 6.61 Å². The van der Waals surface area contributed by atoms with Gasteiger partial charge in [-0.15, -0.1) is 0 Å². The fourth-order valence-electron chi connectivity index (χ4n) is 1.58. The van der Waals surface area contributed by atoms with Crippen LogP contribution in [0.25, 0.3) is 0 Å². The number of methoxy groups -OCH3 is 1. The van der Waals surface area contributed by atoms with Crippen molar-refractivity contribution in [2.24, 2.45) is 0 Å². The lowest BCUT2D eigenvalue weighted by Gasteiger charge is -2.24. The van der Waals surface area contributed by atoms with Gasteiger partial charge in [-0.3, -0.25) is 0 Å². The highest BCUT2D eigenvalue weighted by atomic mass is 28.4. The van der Waals surface area contributed by atoms with Crippen molar-refractivity contribution in [2.45, 2.75) is 6.61 Å². The van der Waals surface area contributed by atoms with Crippen molar-refractivity contribution in [2.75, 3.05) is 28.4 Å². The molecule has 16 heavy (non-hydrogen) atoms. The first-order valence-corrected chi connectivity index (χ1v) is 6.68. The fourth-order valence-corrected chi connectivity index (χ4v) is 3.36. The van der Waals surface area contributed by atoms with Gasteiger partial charge in [-0.25, -0.2) is 0 Å². The molecule has 5 heteroatoms. The summed E-state index contributed by atoms with van der Waals surface area (Å²) in [5.74, 6) is 0. The largest absolute Gasteiger partial charge is 0.536 e. The van der Waals surface area contributed by atoms with E-state index < -0.39 is 8.80 Å². The van der Waals surface area contributed by atoms with Crippen LogP contribution in [0.15, 0.2) is 24.3 Å². The maximum absolute atomic E-state index is 5.39. The van der Waals surface area contributed by atoms with Crippen molar-refractivity contribution in [1.82, 2.24) is 0 Å². The third-order valence-electron chi connectivity index (χ3n) is 2.42. The molecule has 0 N–H and O–H groups in total. The summed E-state index contributed by atoms with van der Waals surface area (Å²) in [6, 6.07) is 7.88. The van der Waals surface area contributed by atoms with E-state index in [4.69, 9.17) is 18.0 Å². The molecule has 90 valence electrons. The van der Waals surface area contributed by atoms with Crippen molar-refractivity contribution >= 4 is 14.0 Å². The van der Waals surface area contributed by atoms with Gasteiger partial charge in [-0.2, -0.15) is 0 Å². The van der Waals surface area contributed by atoms with Crippen LogP contribution in [0.4, 0.5) is 0 Å². The Morgan fingerprint density at radius 2 is 1.38 bits per heavy atom. The monoisotopic (exact) mass is 242 g/mol. The first kappa shape index (κ1) is 13.3. The number of hydrogen-bond acceptors (Lipinski definition) is 4. The predicted molar refractivity (Wildman–Crippen MR) is 63.6 cm³/mol. The summed E-state index contributed by atoms with van der Waals surface area (Å²) in [5, 5.41) is 0.944. The third kappa shape index (κ3) is 2.69. The van der Waals surface area contributed by atoms with Crippen LogP contribution >= 0.6 is 0 Å². The molecule has 0 aromatic heterocycles. The molecule has 0 aliphatic rings. The molecule has 0 amide bonds. The molecule has 0 saturated carbocycles. The van der Waals surface area contributed by atoms with E-state index in [1.54, 1.807) is 28.4 Å². The highest BCUT2D eigenvalue weighted by molar-refractivity contribution is 6.75. The molecule has 1 rings (SSSR count). The minimum Gasteiger partial charge on any atom is -0.380 e. The average molecular weight is 242 g/mol. The standard InChI is InChI=1S/C11H18O4Si/c1-12-9-10-5-7-11(8-6-10)16(13-2,14-3)15-4/h5-8H,9H2,1-4H3. The molecule has 0 aliphatic carbocycles. The Balaban J connectivity index is 2.94. The zero-order valence-electron chi connectivity index (χ0n) is 10.1. The Labute approximate surface area is 97.5 Å². The van der Waals surface area contributed by atoms with Crippen LogP contribution in [0.5, 0.6) is 0 Å². The third-order valence-corrected chi connectivity index (χ3v) is 5.08. The summed E-state index contributed by atoms with van der Waals surface area (Å²) in [6.07, 6.45) is 0. The summed E-state index contributed by atoms with van der Waals surface area (Å²) in [4.78, 5) is 0. The summed E-state index contributed by atoms with van der Waals surface area (Å²) >= 11 is 0. The molecule has 0 bridgehead atoms. The molecular formula is C11H18O4Si. The SMILES string of the molecule is COCc1ccc([Si](OC)(OC)OC)cc1. The molecule has 1 aromatic rings. The van der Waals surface area contributed by atoms with E-state index in [0.717, 1.165) is 10.8 Å². The first-order valence-electron chi connectivity index (χ1n) is 4.96. The Morgan fingerprint density at radius 3 is 1.75 bits per heavy atom. The summed E-state index contributed by atoms with van der Waals surface area (Å²) < 4.78 is 21.2. The Hall–Kier alpha value is -0.723. The van der Waals surface area contributed by atoms with Gasteiger partial charge in [0.1, 0.15) is 0 Å². The fraction of sp³-hybridized carbons (Fsp3) is 0.455. The smallest absolute Gasteiger partial charge is 0.380 e. The van der Waals surface area contributed by atoms with E-state index in [1.165, 1.54) is 0 Å². The van der Waals surface area contributed by atoms with Gasteiger partial charge in [0.05, 0.1) is 6.61 Å². The molecule has 1 aromatic carbocycles. The van der Waals surface area contributed by atoms with Crippen LogP contribution in [0.3, 0.4) is 0 Å². The highest BCUT2D eigenvalue weighted by Gasteiger charge is 2.40. The van der Waals surface area contributed by atoms with Crippen LogP contribution < -0.4 is 5.19 Å². The lowest BCUT2D eigenvalue weighted by Crippen LogP contribution is -2.54. The van der Waals surface area contributed by atoms with Gasteiger partial charge < -0.3 is 18.0 Å². The molecule has 0 saturated heterocycles. The zero-order chi connectivity index (χ0) is 12.0. The molecule has 0 heterocycles. The van der Waals surface area contributed by atoms with Crippen molar-refractivity contribution in [3.63, 3.8) is 0 Å². The number of benzene rings is 1. The van der Waals surface area contributed by atoms with Gasteiger partial charge in [-0.1, -0.05) is 24.3 Å². The van der Waals surface area contributed by atoms with Crippen molar-refractivity contribution in [3.05, 3.63) is 29.8 Å². The van der Waals surface area contributed by atoms with Crippen LogP contribution in [0.2, 0.25) is 0 Å². The topological polar surface area (TPSA) is 36.9 Å². The summed E-state index contributed by atoms with van der Waals surface area (Å²) in [5.41, 5.74) is 1.11. The molecule has 0 radical (unpaired) electrons. The van der Waals surface area contributed by atoms with E-state index >= 15 is 0 Å². The van der Waals surface area contributed by atoms with Crippen LogP contribution in [-0.2, 0) is 24.6 Å². The molecule has 0 unspecified atom stereocenters. The number of hydrogen-bond donors (Lipinski definition) is 0. The predicted octanol–water partition coefficient (Wildman–Crippen LogP) is 0.918. The molecule has 0 atom stereocenters. The second-order valence-corrected chi connectivity index (χ2v) is 6.21. The van der Waals surface area contributed by atoms with Crippen LogP contribution in [0, 0.1) is 0 Å². The van der Waals surface area contributed by atoms with Crippen molar-refractivity contribution in [1.29, 1.82) is 0 Å². The van der Waals surface area contributed by atoms with Gasteiger partial charge in [0.2, 0.25) is 0 Å². The Kier molecular flexibility index (Phi) is 5.10. The van der Waals surface area contributed by atoms with E-state index in [1.807, 2.05) is 24.3 Å². The van der Waals surface area contributed by atoms with Gasteiger partial charge in [-0.05, 0) is 5.56 Å². The Bertz CT molecular complexity index is 300. The second-order valence-electron chi connectivity index (χ2n) is 3.30.